The minimum Gasteiger partial charge on any atom is -0.496 e. The number of allylic oxidation sites excluding steroid dienone is 1. The molecule has 3 aromatic rings. The molecule has 1 atom stereocenters. The van der Waals surface area contributed by atoms with Crippen LogP contribution in [0.5, 0.6) is 5.75 Å². The summed E-state index contributed by atoms with van der Waals surface area (Å²) in [4.78, 5) is 17.7. The fourth-order valence-electron chi connectivity index (χ4n) is 4.79. The molecular formula is C28H28N2O3. The normalized spacial score (nSPS) is 20.2. The van der Waals surface area contributed by atoms with Crippen LogP contribution in [0.25, 0.3) is 16.8 Å². The number of carbonyl (C=O) groups is 1. The first-order valence-electron chi connectivity index (χ1n) is 11.2. The zero-order valence-electron chi connectivity index (χ0n) is 19.6. The quantitative estimate of drug-likeness (QED) is 0.538. The van der Waals surface area contributed by atoms with Gasteiger partial charge in [0.25, 0.3) is 5.91 Å². The fraction of sp³-hybridized carbons (Fsp3) is 0.250. The summed E-state index contributed by atoms with van der Waals surface area (Å²) in [5, 5.41) is 2.30. The zero-order chi connectivity index (χ0) is 23.3. The standard InChI is InChI=1S/C28H28N2O3/c1-18(2)30-24-16-21(29(3)4)17-25(32-5)26(24)28(27(30)31)14-13-22(33-28)15-20-11-8-10-19-9-6-7-12-23(19)20/h6-18H,1-5H3/b22-15-. The molecule has 1 amide bonds. The van der Waals surface area contributed by atoms with Crippen molar-refractivity contribution in [2.45, 2.75) is 25.5 Å². The molecule has 0 fully saturated rings. The zero-order valence-corrected chi connectivity index (χ0v) is 19.6. The number of hydrogen-bond donors (Lipinski definition) is 0. The Labute approximate surface area is 194 Å². The number of fused-ring (bicyclic) bond motifs is 3. The van der Waals surface area contributed by atoms with E-state index in [1.54, 1.807) is 7.11 Å². The van der Waals surface area contributed by atoms with Gasteiger partial charge in [0.2, 0.25) is 5.60 Å². The Balaban J connectivity index is 1.64. The molecule has 0 bridgehead atoms. The number of anilines is 2. The Kier molecular flexibility index (Phi) is 4.93. The molecule has 0 aliphatic carbocycles. The highest BCUT2D eigenvalue weighted by Crippen LogP contribution is 2.53. The molecule has 0 saturated carbocycles. The lowest BCUT2D eigenvalue weighted by molar-refractivity contribution is -0.132. The minimum absolute atomic E-state index is 0.0270. The summed E-state index contributed by atoms with van der Waals surface area (Å²) in [5.74, 6) is 1.19. The van der Waals surface area contributed by atoms with E-state index in [0.29, 0.717) is 11.5 Å². The van der Waals surface area contributed by atoms with Crippen LogP contribution in [-0.4, -0.2) is 33.2 Å². The van der Waals surface area contributed by atoms with Gasteiger partial charge in [-0.3, -0.25) is 4.79 Å². The smallest absolute Gasteiger partial charge is 0.280 e. The molecule has 33 heavy (non-hydrogen) atoms. The highest BCUT2D eigenvalue weighted by molar-refractivity contribution is 6.11. The molecule has 1 unspecified atom stereocenters. The van der Waals surface area contributed by atoms with Crippen molar-refractivity contribution in [2.24, 2.45) is 0 Å². The lowest BCUT2D eigenvalue weighted by atomic mass is 9.94. The van der Waals surface area contributed by atoms with Crippen molar-refractivity contribution in [2.75, 3.05) is 31.0 Å². The van der Waals surface area contributed by atoms with Gasteiger partial charge in [0.05, 0.1) is 18.4 Å². The maximum atomic E-state index is 13.8. The third-order valence-electron chi connectivity index (χ3n) is 6.37. The average molecular weight is 441 g/mol. The van der Waals surface area contributed by atoms with Crippen LogP contribution in [0, 0.1) is 0 Å². The van der Waals surface area contributed by atoms with Crippen molar-refractivity contribution in [3.05, 3.63) is 83.6 Å². The van der Waals surface area contributed by atoms with Gasteiger partial charge < -0.3 is 19.3 Å². The van der Waals surface area contributed by atoms with Gasteiger partial charge in [-0.25, -0.2) is 0 Å². The maximum Gasteiger partial charge on any atom is 0.280 e. The summed E-state index contributed by atoms with van der Waals surface area (Å²) in [7, 11) is 5.59. The predicted molar refractivity (Wildman–Crippen MR) is 134 cm³/mol. The van der Waals surface area contributed by atoms with E-state index in [9.17, 15) is 4.79 Å². The third-order valence-corrected chi connectivity index (χ3v) is 6.37. The molecule has 5 nitrogen and oxygen atoms in total. The monoisotopic (exact) mass is 440 g/mol. The van der Waals surface area contributed by atoms with Gasteiger partial charge in [0.15, 0.2) is 0 Å². The summed E-state index contributed by atoms with van der Waals surface area (Å²) in [6.45, 7) is 4.03. The predicted octanol–water partition coefficient (Wildman–Crippen LogP) is 5.49. The van der Waals surface area contributed by atoms with Crippen LogP contribution in [0.1, 0.15) is 25.0 Å². The number of rotatable bonds is 4. The number of methoxy groups -OCH3 is 1. The Morgan fingerprint density at radius 2 is 1.85 bits per heavy atom. The summed E-state index contributed by atoms with van der Waals surface area (Å²) in [6.07, 6.45) is 5.76. The third kappa shape index (κ3) is 3.18. The molecule has 1 spiro atoms. The van der Waals surface area contributed by atoms with Gasteiger partial charge in [0.1, 0.15) is 11.5 Å². The molecule has 2 aliphatic rings. The molecular weight excluding hydrogens is 412 g/mol. The molecule has 0 saturated heterocycles. The largest absolute Gasteiger partial charge is 0.496 e. The Bertz CT molecular complexity index is 1320. The van der Waals surface area contributed by atoms with Crippen LogP contribution in [-0.2, 0) is 15.1 Å². The summed E-state index contributed by atoms with van der Waals surface area (Å²) >= 11 is 0. The van der Waals surface area contributed by atoms with E-state index in [1.807, 2.05) is 86.3 Å². The summed E-state index contributed by atoms with van der Waals surface area (Å²) in [5.41, 5.74) is 2.37. The second kappa shape index (κ2) is 7.69. The number of hydrogen-bond acceptors (Lipinski definition) is 4. The number of carbonyl (C=O) groups excluding carboxylic acids is 1. The van der Waals surface area contributed by atoms with E-state index in [4.69, 9.17) is 9.47 Å². The molecule has 2 heterocycles. The molecule has 168 valence electrons. The second-order valence-electron chi connectivity index (χ2n) is 8.99. The van der Waals surface area contributed by atoms with Gasteiger partial charge in [0, 0.05) is 31.9 Å². The van der Waals surface area contributed by atoms with E-state index >= 15 is 0 Å². The van der Waals surface area contributed by atoms with Gasteiger partial charge in [-0.1, -0.05) is 42.5 Å². The Hall–Kier alpha value is -3.73. The van der Waals surface area contributed by atoms with Crippen LogP contribution < -0.4 is 14.5 Å². The van der Waals surface area contributed by atoms with Crippen LogP contribution in [0.2, 0.25) is 0 Å². The Morgan fingerprint density at radius 1 is 1.09 bits per heavy atom. The first kappa shape index (κ1) is 21.1. The van der Waals surface area contributed by atoms with Gasteiger partial charge in [-0.15, -0.1) is 0 Å². The first-order valence-corrected chi connectivity index (χ1v) is 11.2. The number of benzene rings is 3. The van der Waals surface area contributed by atoms with Crippen LogP contribution >= 0.6 is 0 Å². The van der Waals surface area contributed by atoms with E-state index in [2.05, 4.69) is 24.3 Å². The number of nitrogens with zero attached hydrogens (tertiary/aromatic N) is 2. The first-order chi connectivity index (χ1) is 15.9. The number of amides is 1. The van der Waals surface area contributed by atoms with Crippen molar-refractivity contribution in [1.82, 2.24) is 0 Å². The van der Waals surface area contributed by atoms with Crippen molar-refractivity contribution < 1.29 is 14.3 Å². The van der Waals surface area contributed by atoms with Crippen molar-refractivity contribution in [1.29, 1.82) is 0 Å². The molecule has 0 N–H and O–H groups in total. The van der Waals surface area contributed by atoms with E-state index < -0.39 is 5.60 Å². The van der Waals surface area contributed by atoms with Gasteiger partial charge in [-0.2, -0.15) is 0 Å². The van der Waals surface area contributed by atoms with Crippen LogP contribution in [0.4, 0.5) is 11.4 Å². The number of ether oxygens (including phenoxy) is 2. The van der Waals surface area contributed by atoms with Gasteiger partial charge in [-0.05, 0) is 54.5 Å². The molecule has 3 aromatic carbocycles. The summed E-state index contributed by atoms with van der Waals surface area (Å²) in [6, 6.07) is 18.4. The van der Waals surface area contributed by atoms with Crippen LogP contribution in [0.15, 0.2) is 72.5 Å². The lowest BCUT2D eigenvalue weighted by Gasteiger charge is -2.25. The van der Waals surface area contributed by atoms with Crippen molar-refractivity contribution in [3.63, 3.8) is 0 Å². The Morgan fingerprint density at radius 3 is 2.58 bits per heavy atom. The SMILES string of the molecule is COc1cc(N(C)C)cc2c1C1(C=C/C(=C/c3cccc4ccccc34)O1)C(=O)N2C(C)C. The highest BCUT2D eigenvalue weighted by atomic mass is 16.5. The molecule has 0 radical (unpaired) electrons. The summed E-state index contributed by atoms with van der Waals surface area (Å²) < 4.78 is 12.3. The molecule has 2 aliphatic heterocycles. The molecule has 5 rings (SSSR count). The van der Waals surface area contributed by atoms with Crippen molar-refractivity contribution >= 4 is 34.1 Å². The van der Waals surface area contributed by atoms with Gasteiger partial charge >= 0.3 is 0 Å². The van der Waals surface area contributed by atoms with E-state index in [0.717, 1.165) is 33.3 Å². The molecule has 5 heteroatoms. The second-order valence-corrected chi connectivity index (χ2v) is 8.99. The highest BCUT2D eigenvalue weighted by Gasteiger charge is 2.56. The van der Waals surface area contributed by atoms with Crippen molar-refractivity contribution in [3.8, 4) is 5.75 Å². The van der Waals surface area contributed by atoms with E-state index in [-0.39, 0.29) is 11.9 Å². The minimum atomic E-state index is -1.23. The maximum absolute atomic E-state index is 13.8. The topological polar surface area (TPSA) is 42.0 Å². The molecule has 0 aromatic heterocycles. The van der Waals surface area contributed by atoms with Crippen LogP contribution in [0.3, 0.4) is 0 Å². The fourth-order valence-corrected chi connectivity index (χ4v) is 4.79. The lowest BCUT2D eigenvalue weighted by Crippen LogP contribution is -2.42. The van der Waals surface area contributed by atoms with E-state index in [1.165, 1.54) is 0 Å². The average Bonchev–Trinajstić information content (AvgIpc) is 3.33.